The Morgan fingerprint density at radius 1 is 1.03 bits per heavy atom. The molecule has 4 nitrogen and oxygen atoms in total. The topological polar surface area (TPSA) is 50.4 Å². The van der Waals surface area contributed by atoms with E-state index >= 15 is 0 Å². The summed E-state index contributed by atoms with van der Waals surface area (Å²) in [5, 5.41) is 5.93. The van der Waals surface area contributed by atoms with Crippen LogP contribution in [0, 0.1) is 25.5 Å². The lowest BCUT2D eigenvalue weighted by molar-refractivity contribution is 0.0969. The van der Waals surface area contributed by atoms with Gasteiger partial charge in [0, 0.05) is 16.2 Å². The number of rotatable bonds is 4. The quantitative estimate of drug-likeness (QED) is 0.236. The number of hydrogen-bond acceptors (Lipinski definition) is 3. The van der Waals surface area contributed by atoms with Gasteiger partial charge in [0.15, 0.2) is 5.11 Å². The lowest BCUT2D eigenvalue weighted by Crippen LogP contribution is -2.35. The van der Waals surface area contributed by atoms with Gasteiger partial charge in [0.05, 0.1) is 15.1 Å². The summed E-state index contributed by atoms with van der Waals surface area (Å²) in [6.45, 7) is 3.47. The predicted octanol–water partition coefficient (Wildman–Crippen LogP) is 8.22. The number of aryl methyl sites for hydroxylation is 1. The minimum atomic E-state index is -1.02. The van der Waals surface area contributed by atoms with Crippen molar-refractivity contribution < 1.29 is 18.3 Å². The van der Waals surface area contributed by atoms with Crippen LogP contribution in [0.25, 0.3) is 0 Å². The highest BCUT2D eigenvalue weighted by Crippen LogP contribution is 2.41. The van der Waals surface area contributed by atoms with Gasteiger partial charge in [-0.25, -0.2) is 8.78 Å². The van der Waals surface area contributed by atoms with E-state index < -0.39 is 23.1 Å². The molecule has 2 N–H and O–H groups in total. The molecule has 0 spiro atoms. The number of amides is 1. The number of halogens is 6. The van der Waals surface area contributed by atoms with E-state index in [2.05, 4.69) is 26.6 Å². The lowest BCUT2D eigenvalue weighted by atomic mass is 10.1. The molecule has 11 heteroatoms. The highest BCUT2D eigenvalue weighted by atomic mass is 79.9. The van der Waals surface area contributed by atoms with Crippen molar-refractivity contribution in [1.82, 2.24) is 5.32 Å². The van der Waals surface area contributed by atoms with Gasteiger partial charge in [-0.3, -0.25) is 10.1 Å². The molecule has 0 bridgehead atoms. The van der Waals surface area contributed by atoms with Crippen LogP contribution in [0.15, 0.2) is 40.9 Å². The number of carbonyl (C=O) groups excluding carboxylic acids is 1. The average molecular weight is 595 g/mol. The van der Waals surface area contributed by atoms with Crippen molar-refractivity contribution in [3.8, 4) is 11.5 Å². The number of anilines is 1. The van der Waals surface area contributed by atoms with Gasteiger partial charge in [-0.1, -0.05) is 40.9 Å². The van der Waals surface area contributed by atoms with Gasteiger partial charge in [0.2, 0.25) is 0 Å². The third kappa shape index (κ3) is 5.75. The van der Waals surface area contributed by atoms with Gasteiger partial charge in [-0.05, 0) is 77.4 Å². The highest BCUT2D eigenvalue weighted by Gasteiger charge is 2.20. The molecule has 0 unspecified atom stereocenters. The molecule has 0 heterocycles. The minimum Gasteiger partial charge on any atom is -0.454 e. The lowest BCUT2D eigenvalue weighted by Gasteiger charge is -2.18. The SMILES string of the molecule is Cc1cc(Oc2cc(Cl)c(Br)cc2Cl)c(Cl)c(C)c1NC(=S)NC(=O)c1c(F)cccc1F. The second-order valence-corrected chi connectivity index (χ2v) is 9.26. The summed E-state index contributed by atoms with van der Waals surface area (Å²) in [4.78, 5) is 12.3. The first kappa shape index (κ1) is 25.6. The Morgan fingerprint density at radius 3 is 2.30 bits per heavy atom. The number of benzene rings is 3. The third-order valence-electron chi connectivity index (χ3n) is 4.51. The summed E-state index contributed by atoms with van der Waals surface area (Å²) in [5.41, 5.74) is 0.980. The monoisotopic (exact) mass is 592 g/mol. The van der Waals surface area contributed by atoms with Crippen molar-refractivity contribution in [2.45, 2.75) is 13.8 Å². The first-order valence-corrected chi connectivity index (χ1v) is 11.5. The maximum Gasteiger partial charge on any atom is 0.263 e. The second-order valence-electron chi connectivity index (χ2n) is 6.81. The van der Waals surface area contributed by atoms with Gasteiger partial charge in [0.1, 0.15) is 28.7 Å². The van der Waals surface area contributed by atoms with Crippen LogP contribution in [0.3, 0.4) is 0 Å². The number of nitrogens with one attached hydrogen (secondary N) is 2. The molecule has 1 amide bonds. The number of ether oxygens (including phenoxy) is 1. The van der Waals surface area contributed by atoms with E-state index in [1.807, 2.05) is 0 Å². The molecule has 0 atom stereocenters. The number of hydrogen-bond donors (Lipinski definition) is 2. The molecule has 0 radical (unpaired) electrons. The van der Waals surface area contributed by atoms with Crippen LogP contribution in [-0.4, -0.2) is 11.0 Å². The first-order chi connectivity index (χ1) is 15.5. The van der Waals surface area contributed by atoms with Gasteiger partial charge < -0.3 is 10.1 Å². The zero-order valence-electron chi connectivity index (χ0n) is 17.0. The zero-order chi connectivity index (χ0) is 24.4. The summed E-state index contributed by atoms with van der Waals surface area (Å²) in [7, 11) is 0. The van der Waals surface area contributed by atoms with Crippen molar-refractivity contribution in [2.24, 2.45) is 0 Å². The maximum absolute atomic E-state index is 13.8. The fourth-order valence-electron chi connectivity index (χ4n) is 2.92. The van der Waals surface area contributed by atoms with Crippen LogP contribution in [0.1, 0.15) is 21.5 Å². The number of thiocarbonyl (C=S) groups is 1. The normalized spacial score (nSPS) is 10.7. The van der Waals surface area contributed by atoms with Gasteiger partial charge in [-0.15, -0.1) is 0 Å². The Balaban J connectivity index is 1.82. The zero-order valence-corrected chi connectivity index (χ0v) is 21.6. The van der Waals surface area contributed by atoms with Crippen LogP contribution in [0.2, 0.25) is 15.1 Å². The fraction of sp³-hybridized carbons (Fsp3) is 0.0909. The van der Waals surface area contributed by atoms with Gasteiger partial charge in [0.25, 0.3) is 5.91 Å². The van der Waals surface area contributed by atoms with Crippen LogP contribution >= 0.6 is 63.0 Å². The second kappa shape index (κ2) is 10.5. The molecule has 0 aliphatic carbocycles. The molecule has 3 aromatic carbocycles. The van der Waals surface area contributed by atoms with Crippen LogP contribution < -0.4 is 15.4 Å². The van der Waals surface area contributed by atoms with Crippen molar-refractivity contribution in [3.63, 3.8) is 0 Å². The summed E-state index contributed by atoms with van der Waals surface area (Å²) in [6.07, 6.45) is 0. The first-order valence-electron chi connectivity index (χ1n) is 9.18. The molecule has 0 saturated heterocycles. The smallest absolute Gasteiger partial charge is 0.263 e. The predicted molar refractivity (Wildman–Crippen MR) is 135 cm³/mol. The maximum atomic E-state index is 13.8. The van der Waals surface area contributed by atoms with Crippen molar-refractivity contribution in [1.29, 1.82) is 0 Å². The average Bonchev–Trinajstić information content (AvgIpc) is 2.73. The van der Waals surface area contributed by atoms with E-state index in [0.29, 0.717) is 42.8 Å². The van der Waals surface area contributed by atoms with Crippen LogP contribution in [0.4, 0.5) is 14.5 Å². The molecule has 3 aromatic rings. The van der Waals surface area contributed by atoms with Crippen molar-refractivity contribution >= 4 is 79.7 Å². The van der Waals surface area contributed by atoms with E-state index in [0.717, 1.165) is 18.2 Å². The highest BCUT2D eigenvalue weighted by molar-refractivity contribution is 9.10. The third-order valence-corrected chi connectivity index (χ3v) is 6.68. The Labute approximate surface area is 217 Å². The molecule has 0 aromatic heterocycles. The Kier molecular flexibility index (Phi) is 8.18. The molecular weight excluding hydrogens is 581 g/mol. The Morgan fingerprint density at radius 2 is 1.67 bits per heavy atom. The van der Waals surface area contributed by atoms with E-state index in [1.54, 1.807) is 32.0 Å². The molecule has 0 aliphatic heterocycles. The van der Waals surface area contributed by atoms with Crippen molar-refractivity contribution in [2.75, 3.05) is 5.32 Å². The molecule has 3 rings (SSSR count). The summed E-state index contributed by atoms with van der Waals surface area (Å²) in [5.74, 6) is -2.40. The van der Waals surface area contributed by atoms with E-state index in [9.17, 15) is 13.6 Å². The Hall–Kier alpha value is -1.97. The summed E-state index contributed by atoms with van der Waals surface area (Å²) in [6, 6.07) is 7.91. The molecule has 33 heavy (non-hydrogen) atoms. The van der Waals surface area contributed by atoms with Gasteiger partial charge >= 0.3 is 0 Å². The standard InChI is InChI=1S/C22H14BrCl3F2N2O2S/c1-9-6-17(32-16-8-12(24)11(23)7-13(16)25)19(26)10(2)20(9)29-22(33)30-21(31)18-14(27)4-3-5-15(18)28/h3-8H,1-2H3,(H2,29,30,31,33). The molecule has 0 saturated carbocycles. The molecule has 172 valence electrons. The molecular formula is C22H14BrCl3F2N2O2S. The largest absolute Gasteiger partial charge is 0.454 e. The van der Waals surface area contributed by atoms with E-state index in [1.165, 1.54) is 0 Å². The van der Waals surface area contributed by atoms with Crippen LogP contribution in [0.5, 0.6) is 11.5 Å². The summed E-state index contributed by atoms with van der Waals surface area (Å²) >= 11 is 27.3. The fourth-order valence-corrected chi connectivity index (χ4v) is 4.13. The van der Waals surface area contributed by atoms with Crippen LogP contribution in [-0.2, 0) is 0 Å². The minimum absolute atomic E-state index is 0.165. The summed E-state index contributed by atoms with van der Waals surface area (Å²) < 4.78 is 34.2. The van der Waals surface area contributed by atoms with Crippen molar-refractivity contribution in [3.05, 3.63) is 84.3 Å². The van der Waals surface area contributed by atoms with E-state index in [4.69, 9.17) is 51.8 Å². The molecule has 0 fully saturated rings. The Bertz CT molecular complexity index is 1270. The van der Waals surface area contributed by atoms with Gasteiger partial charge in [-0.2, -0.15) is 0 Å². The molecule has 0 aliphatic rings. The number of carbonyl (C=O) groups is 1. The van der Waals surface area contributed by atoms with E-state index in [-0.39, 0.29) is 10.1 Å².